The first-order valence-corrected chi connectivity index (χ1v) is 17.5. The summed E-state index contributed by atoms with van der Waals surface area (Å²) in [5.74, 6) is 0. The van der Waals surface area contributed by atoms with Gasteiger partial charge in [0.2, 0.25) is 0 Å². The van der Waals surface area contributed by atoms with E-state index in [9.17, 15) is 0 Å². The molecule has 0 saturated heterocycles. The number of fused-ring (bicyclic) bond motifs is 10. The molecule has 0 aliphatic heterocycles. The highest BCUT2D eigenvalue weighted by Gasteiger charge is 2.26. The van der Waals surface area contributed by atoms with Crippen molar-refractivity contribution >= 4 is 83.0 Å². The summed E-state index contributed by atoms with van der Waals surface area (Å²) in [6.07, 6.45) is 6.36. The molecule has 0 saturated carbocycles. The van der Waals surface area contributed by atoms with Gasteiger partial charge in [0.25, 0.3) is 0 Å². The van der Waals surface area contributed by atoms with Crippen LogP contribution in [0.2, 0.25) is 0 Å². The van der Waals surface area contributed by atoms with Crippen LogP contribution in [0.25, 0.3) is 94.3 Å². The van der Waals surface area contributed by atoms with Crippen molar-refractivity contribution in [2.24, 2.45) is 0 Å². The third-order valence-corrected chi connectivity index (χ3v) is 10.8. The first-order valence-electron chi connectivity index (χ1n) is 17.5. The number of para-hydroxylation sites is 3. The Morgan fingerprint density at radius 1 is 0.520 bits per heavy atom. The van der Waals surface area contributed by atoms with E-state index in [0.717, 1.165) is 16.9 Å². The molecule has 0 unspecified atom stereocenters. The largest absolute Gasteiger partial charge is 0.309 e. The zero-order valence-electron chi connectivity index (χ0n) is 28.8. The molecule has 0 spiro atoms. The lowest BCUT2D eigenvalue weighted by Gasteiger charge is -2.19. The predicted molar refractivity (Wildman–Crippen MR) is 216 cm³/mol. The molecule has 0 aliphatic rings. The summed E-state index contributed by atoms with van der Waals surface area (Å²) in [5.41, 5.74) is 13.3. The summed E-state index contributed by atoms with van der Waals surface area (Å²) in [6.45, 7) is 13.4. The SMILES string of the molecule is C=Cc1c(/C=C\C)n(-c2ccccc2)c2cc3c4cc(C(C)(C)C)cc5c6cc7c(cc6n(c3cc12)c45)c1ccccc1n7-c1ccccc1. The molecular weight excluding hydrogens is 607 g/mol. The van der Waals surface area contributed by atoms with Crippen LogP contribution in [0.4, 0.5) is 0 Å². The first kappa shape index (κ1) is 28.9. The second-order valence-corrected chi connectivity index (χ2v) is 14.6. The zero-order chi connectivity index (χ0) is 33.9. The Hall–Kier alpha value is -6.06. The van der Waals surface area contributed by atoms with Gasteiger partial charge in [0.1, 0.15) is 0 Å². The predicted octanol–water partition coefficient (Wildman–Crippen LogP) is 12.9. The van der Waals surface area contributed by atoms with E-state index in [1.165, 1.54) is 82.1 Å². The van der Waals surface area contributed by atoms with Crippen LogP contribution in [0.15, 0.2) is 134 Å². The van der Waals surface area contributed by atoms with Crippen molar-refractivity contribution in [2.75, 3.05) is 0 Å². The van der Waals surface area contributed by atoms with Crippen LogP contribution in [0.3, 0.4) is 0 Å². The Morgan fingerprint density at radius 2 is 1.04 bits per heavy atom. The Bertz CT molecular complexity index is 3010. The van der Waals surface area contributed by atoms with Gasteiger partial charge >= 0.3 is 0 Å². The van der Waals surface area contributed by atoms with Gasteiger partial charge in [0.05, 0.1) is 38.8 Å². The highest BCUT2D eigenvalue weighted by molar-refractivity contribution is 6.27. The smallest absolute Gasteiger partial charge is 0.0620 e. The average molecular weight is 644 g/mol. The minimum atomic E-state index is -0.0195. The van der Waals surface area contributed by atoms with Gasteiger partial charge in [-0.3, -0.25) is 0 Å². The number of rotatable bonds is 4. The van der Waals surface area contributed by atoms with Crippen LogP contribution in [0.1, 0.15) is 44.5 Å². The van der Waals surface area contributed by atoms with Gasteiger partial charge in [0, 0.05) is 54.6 Å². The van der Waals surface area contributed by atoms with Crippen molar-refractivity contribution < 1.29 is 0 Å². The van der Waals surface area contributed by atoms with Crippen molar-refractivity contribution in [2.45, 2.75) is 33.1 Å². The minimum Gasteiger partial charge on any atom is -0.309 e. The Labute approximate surface area is 290 Å². The van der Waals surface area contributed by atoms with Crippen molar-refractivity contribution in [3.63, 3.8) is 0 Å². The molecule has 0 N–H and O–H groups in total. The lowest BCUT2D eigenvalue weighted by atomic mass is 9.85. The molecule has 3 heteroatoms. The highest BCUT2D eigenvalue weighted by atomic mass is 15.0. The fourth-order valence-corrected chi connectivity index (χ4v) is 8.51. The maximum atomic E-state index is 4.32. The van der Waals surface area contributed by atoms with Gasteiger partial charge in [-0.2, -0.15) is 0 Å². The van der Waals surface area contributed by atoms with Crippen LogP contribution in [0, 0.1) is 0 Å². The van der Waals surface area contributed by atoms with Gasteiger partial charge in [-0.05, 0) is 90.7 Å². The second kappa shape index (κ2) is 10.2. The summed E-state index contributed by atoms with van der Waals surface area (Å²) < 4.78 is 7.36. The zero-order valence-corrected chi connectivity index (χ0v) is 28.8. The maximum Gasteiger partial charge on any atom is 0.0620 e. The Morgan fingerprint density at radius 3 is 1.64 bits per heavy atom. The molecule has 10 rings (SSSR count). The molecule has 0 radical (unpaired) electrons. The van der Waals surface area contributed by atoms with Crippen molar-refractivity contribution in [3.05, 3.63) is 151 Å². The molecule has 10 aromatic rings. The molecule has 4 aromatic heterocycles. The summed E-state index contributed by atoms with van der Waals surface area (Å²) in [7, 11) is 0. The fourth-order valence-electron chi connectivity index (χ4n) is 8.51. The van der Waals surface area contributed by atoms with Gasteiger partial charge in [-0.15, -0.1) is 0 Å². The van der Waals surface area contributed by atoms with E-state index in [-0.39, 0.29) is 5.41 Å². The first-order chi connectivity index (χ1) is 24.4. The third-order valence-electron chi connectivity index (χ3n) is 10.8. The van der Waals surface area contributed by atoms with Crippen molar-refractivity contribution in [1.82, 2.24) is 13.5 Å². The standard InChI is InChI=1S/C47H37N3/c1-6-16-40-32(7-2)34-25-44-36(27-42(34)48(40)30-17-10-8-11-18-30)38-23-29(47(3,4)5)24-39-37-28-43-35(26-45(37)50(44)46(38)39)33-21-14-15-22-41(33)49(43)31-19-12-9-13-20-31/h6-28H,2H2,1,3-5H3/b16-6-. The molecule has 0 bridgehead atoms. The average Bonchev–Trinajstić information content (AvgIpc) is 3.83. The number of hydrogen-bond donors (Lipinski definition) is 0. The monoisotopic (exact) mass is 643 g/mol. The van der Waals surface area contributed by atoms with Crippen LogP contribution in [0.5, 0.6) is 0 Å². The van der Waals surface area contributed by atoms with Crippen LogP contribution in [-0.4, -0.2) is 13.5 Å². The molecule has 0 atom stereocenters. The number of nitrogens with zero attached hydrogens (tertiary/aromatic N) is 3. The summed E-state index contributed by atoms with van der Waals surface area (Å²) in [5, 5.41) is 8.90. The molecule has 0 aliphatic carbocycles. The molecular formula is C47H37N3. The molecule has 4 heterocycles. The molecule has 0 amide bonds. The Kier molecular flexibility index (Phi) is 5.91. The molecule has 240 valence electrons. The summed E-state index contributed by atoms with van der Waals surface area (Å²) >= 11 is 0. The van der Waals surface area contributed by atoms with E-state index >= 15 is 0 Å². The maximum absolute atomic E-state index is 4.32. The minimum absolute atomic E-state index is 0.0195. The normalized spacial score (nSPS) is 12.8. The number of hydrogen-bond acceptors (Lipinski definition) is 0. The Balaban J connectivity index is 1.42. The summed E-state index contributed by atoms with van der Waals surface area (Å²) in [6, 6.07) is 44.9. The highest BCUT2D eigenvalue weighted by Crippen LogP contribution is 2.46. The molecule has 6 aromatic carbocycles. The number of aromatic nitrogens is 3. The van der Waals surface area contributed by atoms with Crippen molar-refractivity contribution in [1.29, 1.82) is 0 Å². The van der Waals surface area contributed by atoms with Gasteiger partial charge < -0.3 is 13.5 Å². The molecule has 0 fully saturated rings. The van der Waals surface area contributed by atoms with Gasteiger partial charge in [-0.25, -0.2) is 0 Å². The van der Waals surface area contributed by atoms with E-state index in [1.807, 2.05) is 6.08 Å². The number of allylic oxidation sites excluding steroid dienone is 1. The second-order valence-electron chi connectivity index (χ2n) is 14.6. The third kappa shape index (κ3) is 3.80. The summed E-state index contributed by atoms with van der Waals surface area (Å²) in [4.78, 5) is 0. The van der Waals surface area contributed by atoms with Crippen LogP contribution >= 0.6 is 0 Å². The fraction of sp³-hybridized carbons (Fsp3) is 0.106. The lowest BCUT2D eigenvalue weighted by Crippen LogP contribution is -2.10. The van der Waals surface area contributed by atoms with E-state index < -0.39 is 0 Å². The van der Waals surface area contributed by atoms with Crippen LogP contribution in [-0.2, 0) is 5.41 Å². The van der Waals surface area contributed by atoms with Crippen LogP contribution < -0.4 is 0 Å². The van der Waals surface area contributed by atoms with Gasteiger partial charge in [-0.1, -0.05) is 94.1 Å². The topological polar surface area (TPSA) is 14.3 Å². The molecule has 3 nitrogen and oxygen atoms in total. The van der Waals surface area contributed by atoms with E-state index in [1.54, 1.807) is 0 Å². The van der Waals surface area contributed by atoms with E-state index in [0.29, 0.717) is 0 Å². The van der Waals surface area contributed by atoms with E-state index in [4.69, 9.17) is 0 Å². The molecule has 50 heavy (non-hydrogen) atoms. The number of benzene rings is 6. The quantitative estimate of drug-likeness (QED) is 0.181. The van der Waals surface area contributed by atoms with Gasteiger partial charge in [0.15, 0.2) is 0 Å². The lowest BCUT2D eigenvalue weighted by molar-refractivity contribution is 0.592. The van der Waals surface area contributed by atoms with E-state index in [2.05, 4.69) is 181 Å². The van der Waals surface area contributed by atoms with Crippen molar-refractivity contribution in [3.8, 4) is 11.4 Å².